The van der Waals surface area contributed by atoms with Crippen LogP contribution in [0.3, 0.4) is 0 Å². The molecule has 150 valence electrons. The number of nitrogens with zero attached hydrogens (tertiary/aromatic N) is 3. The molecule has 0 N–H and O–H groups in total. The van der Waals surface area contributed by atoms with Gasteiger partial charge in [0.2, 0.25) is 0 Å². The quantitative estimate of drug-likeness (QED) is 0.330. The van der Waals surface area contributed by atoms with Crippen LogP contribution in [0.2, 0.25) is 0 Å². The van der Waals surface area contributed by atoms with E-state index in [9.17, 15) is 0 Å². The third-order valence-corrected chi connectivity index (χ3v) is 5.00. The normalized spacial score (nSPS) is 10.6. The van der Waals surface area contributed by atoms with Crippen molar-refractivity contribution in [2.24, 2.45) is 0 Å². The first kappa shape index (κ1) is 22.4. The Hall–Kier alpha value is -1.94. The number of aryl methyl sites for hydroxylation is 1. The van der Waals surface area contributed by atoms with Crippen LogP contribution in [-0.4, -0.2) is 9.90 Å². The third kappa shape index (κ3) is 7.23. The Labute approximate surface area is 180 Å². The van der Waals surface area contributed by atoms with E-state index >= 15 is 0 Å². The third-order valence-electron chi connectivity index (χ3n) is 5.00. The molecule has 3 rings (SSSR count). The van der Waals surface area contributed by atoms with Gasteiger partial charge in [0.1, 0.15) is 13.1 Å². The SMILES string of the molecule is CCCCCCCCc1c[n+](Cc2ccccc2)nn1Cc1ccccc1.[Br-]. The van der Waals surface area contributed by atoms with Crippen LogP contribution in [-0.2, 0) is 19.5 Å². The molecule has 1 heterocycles. The zero-order valence-corrected chi connectivity index (χ0v) is 18.5. The minimum absolute atomic E-state index is 0. The minimum Gasteiger partial charge on any atom is -1.00 e. The van der Waals surface area contributed by atoms with Crippen molar-refractivity contribution in [2.45, 2.75) is 65.0 Å². The lowest BCUT2D eigenvalue weighted by atomic mass is 10.1. The second kappa shape index (κ2) is 12.5. The molecule has 3 nitrogen and oxygen atoms in total. The fourth-order valence-corrected chi connectivity index (χ4v) is 3.48. The van der Waals surface area contributed by atoms with Gasteiger partial charge in [0.05, 0.1) is 5.21 Å². The van der Waals surface area contributed by atoms with Crippen LogP contribution >= 0.6 is 0 Å². The van der Waals surface area contributed by atoms with Gasteiger partial charge in [-0.1, -0.05) is 99.7 Å². The van der Waals surface area contributed by atoms with Gasteiger partial charge >= 0.3 is 0 Å². The van der Waals surface area contributed by atoms with Crippen LogP contribution in [0.15, 0.2) is 66.9 Å². The molecule has 1 aromatic heterocycles. The Kier molecular flexibility index (Phi) is 9.98. The van der Waals surface area contributed by atoms with Crippen molar-refractivity contribution >= 4 is 0 Å². The van der Waals surface area contributed by atoms with Crippen LogP contribution in [0.5, 0.6) is 0 Å². The molecular formula is C24H32BrN3. The lowest BCUT2D eigenvalue weighted by molar-refractivity contribution is -0.747. The fourth-order valence-electron chi connectivity index (χ4n) is 3.48. The average Bonchev–Trinajstić information content (AvgIpc) is 3.07. The van der Waals surface area contributed by atoms with Gasteiger partial charge in [-0.15, -0.1) is 9.36 Å². The van der Waals surface area contributed by atoms with E-state index in [0.29, 0.717) is 0 Å². The molecule has 0 fully saturated rings. The first-order valence-corrected chi connectivity index (χ1v) is 10.4. The predicted molar refractivity (Wildman–Crippen MR) is 111 cm³/mol. The van der Waals surface area contributed by atoms with Gasteiger partial charge in [0.25, 0.3) is 0 Å². The zero-order chi connectivity index (χ0) is 18.7. The highest BCUT2D eigenvalue weighted by molar-refractivity contribution is 5.15. The molecule has 0 radical (unpaired) electrons. The van der Waals surface area contributed by atoms with Crippen molar-refractivity contribution in [3.8, 4) is 0 Å². The Balaban J connectivity index is 0.00000280. The summed E-state index contributed by atoms with van der Waals surface area (Å²) in [5.74, 6) is 0. The maximum absolute atomic E-state index is 4.86. The minimum atomic E-state index is 0. The molecule has 0 aliphatic carbocycles. The Morgan fingerprint density at radius 3 is 2.07 bits per heavy atom. The van der Waals surface area contributed by atoms with Crippen LogP contribution in [0, 0.1) is 0 Å². The molecule has 0 spiro atoms. The van der Waals surface area contributed by atoms with E-state index in [0.717, 1.165) is 19.5 Å². The Morgan fingerprint density at radius 2 is 1.39 bits per heavy atom. The highest BCUT2D eigenvalue weighted by Gasteiger charge is 2.16. The lowest BCUT2D eigenvalue weighted by Gasteiger charge is -2.01. The topological polar surface area (TPSA) is 21.7 Å². The maximum Gasteiger partial charge on any atom is 0.168 e. The number of halogens is 1. The molecule has 0 saturated carbocycles. The van der Waals surface area contributed by atoms with E-state index in [1.54, 1.807) is 0 Å². The van der Waals surface area contributed by atoms with Crippen LogP contribution in [0.4, 0.5) is 0 Å². The van der Waals surface area contributed by atoms with Crippen LogP contribution in [0.25, 0.3) is 0 Å². The van der Waals surface area contributed by atoms with Gasteiger partial charge in [0.15, 0.2) is 11.9 Å². The molecule has 28 heavy (non-hydrogen) atoms. The Morgan fingerprint density at radius 1 is 0.786 bits per heavy atom. The summed E-state index contributed by atoms with van der Waals surface area (Å²) in [5.41, 5.74) is 3.93. The van der Waals surface area contributed by atoms with Gasteiger partial charge in [0, 0.05) is 6.42 Å². The number of hydrogen-bond donors (Lipinski definition) is 0. The summed E-state index contributed by atoms with van der Waals surface area (Å²) in [6, 6.07) is 21.2. The summed E-state index contributed by atoms with van der Waals surface area (Å²) in [6.45, 7) is 3.94. The first-order valence-electron chi connectivity index (χ1n) is 10.4. The van der Waals surface area contributed by atoms with Crippen LogP contribution in [0.1, 0.15) is 62.3 Å². The van der Waals surface area contributed by atoms with Crippen molar-refractivity contribution in [3.05, 3.63) is 83.7 Å². The van der Waals surface area contributed by atoms with Gasteiger partial charge in [-0.2, -0.15) is 0 Å². The summed E-state index contributed by atoms with van der Waals surface area (Å²) >= 11 is 0. The average molecular weight is 442 g/mol. The summed E-state index contributed by atoms with van der Waals surface area (Å²) in [5, 5.41) is 4.86. The molecule has 0 aliphatic heterocycles. The van der Waals surface area contributed by atoms with Crippen molar-refractivity contribution < 1.29 is 21.7 Å². The standard InChI is InChI=1S/C24H32N3.BrH/c1-2-3-4-5-6-13-18-24-21-26(19-22-14-9-7-10-15-22)25-27(24)20-23-16-11-8-12-17-23;/h7-12,14-17,21H,2-6,13,18-20H2,1H3;1H/q+1;/p-1. The van der Waals surface area contributed by atoms with Gasteiger partial charge in [-0.3, -0.25) is 0 Å². The van der Waals surface area contributed by atoms with Crippen molar-refractivity contribution in [3.63, 3.8) is 0 Å². The second-order valence-corrected chi connectivity index (χ2v) is 7.35. The largest absolute Gasteiger partial charge is 1.00 e. The van der Waals surface area contributed by atoms with E-state index < -0.39 is 0 Å². The number of benzene rings is 2. The van der Waals surface area contributed by atoms with Crippen LogP contribution < -0.4 is 21.7 Å². The summed E-state index contributed by atoms with van der Waals surface area (Å²) in [7, 11) is 0. The van der Waals surface area contributed by atoms with Crippen molar-refractivity contribution in [1.29, 1.82) is 0 Å². The van der Waals surface area contributed by atoms with Crippen molar-refractivity contribution in [2.75, 3.05) is 0 Å². The molecule has 2 aromatic carbocycles. The second-order valence-electron chi connectivity index (χ2n) is 7.35. The smallest absolute Gasteiger partial charge is 0.168 e. The fraction of sp³-hybridized carbons (Fsp3) is 0.417. The number of unbranched alkanes of at least 4 members (excludes halogenated alkanes) is 5. The van der Waals surface area contributed by atoms with E-state index in [-0.39, 0.29) is 17.0 Å². The lowest BCUT2D eigenvalue weighted by Crippen LogP contribution is -3.00. The summed E-state index contributed by atoms with van der Waals surface area (Å²) in [6.07, 6.45) is 11.3. The molecule has 0 amide bonds. The predicted octanol–water partition coefficient (Wildman–Crippen LogP) is 2.17. The highest BCUT2D eigenvalue weighted by Crippen LogP contribution is 2.11. The molecule has 3 aromatic rings. The zero-order valence-electron chi connectivity index (χ0n) is 16.9. The van der Waals surface area contributed by atoms with E-state index in [1.165, 1.54) is 55.3 Å². The number of aromatic nitrogens is 3. The van der Waals surface area contributed by atoms with E-state index in [2.05, 4.69) is 83.1 Å². The molecule has 0 bridgehead atoms. The number of hydrogen-bond acceptors (Lipinski definition) is 1. The van der Waals surface area contributed by atoms with Gasteiger partial charge in [-0.05, 0) is 17.5 Å². The summed E-state index contributed by atoms with van der Waals surface area (Å²) < 4.78 is 4.27. The Bertz CT molecular complexity index is 784. The molecule has 0 atom stereocenters. The molecular weight excluding hydrogens is 410 g/mol. The first-order chi connectivity index (χ1) is 13.3. The van der Waals surface area contributed by atoms with Gasteiger partial charge in [-0.25, -0.2) is 0 Å². The summed E-state index contributed by atoms with van der Waals surface area (Å²) in [4.78, 5) is 0. The monoisotopic (exact) mass is 441 g/mol. The molecule has 0 unspecified atom stereocenters. The van der Waals surface area contributed by atoms with Crippen molar-refractivity contribution in [1.82, 2.24) is 9.90 Å². The molecule has 0 aliphatic rings. The molecule has 0 saturated heterocycles. The highest BCUT2D eigenvalue weighted by atomic mass is 79.9. The van der Waals surface area contributed by atoms with Gasteiger partial charge < -0.3 is 17.0 Å². The maximum atomic E-state index is 4.86. The molecule has 4 heteroatoms. The van der Waals surface area contributed by atoms with E-state index in [1.807, 2.05) is 0 Å². The number of rotatable bonds is 11. The van der Waals surface area contributed by atoms with E-state index in [4.69, 9.17) is 5.21 Å².